The molecule has 4 aliphatic carbocycles. The van der Waals surface area contributed by atoms with Crippen molar-refractivity contribution in [1.82, 2.24) is 4.72 Å². The molecule has 4 fully saturated rings. The monoisotopic (exact) mass is 575 g/mol. The van der Waals surface area contributed by atoms with Gasteiger partial charge in [0.05, 0.1) is 16.9 Å². The summed E-state index contributed by atoms with van der Waals surface area (Å²) in [5.74, 6) is 2.17. The molecule has 0 aliphatic heterocycles. The quantitative estimate of drug-likeness (QED) is 0.236. The van der Waals surface area contributed by atoms with Crippen molar-refractivity contribution in [2.24, 2.45) is 23.2 Å². The number of benzene rings is 3. The molecule has 2 N–H and O–H groups in total. The molecule has 41 heavy (non-hydrogen) atoms. The van der Waals surface area contributed by atoms with Crippen LogP contribution in [-0.4, -0.2) is 32.9 Å². The Balaban J connectivity index is 1.15. The lowest BCUT2D eigenvalue weighted by atomic mass is 9.49. The van der Waals surface area contributed by atoms with Gasteiger partial charge in [0.2, 0.25) is 0 Å². The molecule has 3 aromatic rings. The van der Waals surface area contributed by atoms with Crippen LogP contribution in [0.2, 0.25) is 0 Å². The minimum Gasteiger partial charge on any atom is -0.497 e. The molecule has 0 spiro atoms. The second kappa shape index (κ2) is 10.5. The zero-order chi connectivity index (χ0) is 28.8. The molecule has 3 aromatic carbocycles. The number of sulfonamides is 1. The molecule has 0 aromatic heterocycles. The highest BCUT2D eigenvalue weighted by Gasteiger charge is 2.50. The molecule has 1 amide bonds. The van der Waals surface area contributed by atoms with Crippen LogP contribution in [0.1, 0.15) is 48.9 Å². The van der Waals surface area contributed by atoms with Crippen molar-refractivity contribution < 1.29 is 22.9 Å². The average molecular weight is 576 g/mol. The highest BCUT2D eigenvalue weighted by Crippen LogP contribution is 2.60. The molecule has 4 aliphatic rings. The third kappa shape index (κ3) is 5.53. The third-order valence-electron chi connectivity index (χ3n) is 9.09. The Morgan fingerprint density at radius 1 is 0.927 bits per heavy atom. The van der Waals surface area contributed by atoms with E-state index in [0.717, 1.165) is 60.0 Å². The maximum Gasteiger partial charge on any atom is 0.293 e. The lowest BCUT2D eigenvalue weighted by molar-refractivity contribution is -0.384. The van der Waals surface area contributed by atoms with Crippen LogP contribution in [0.3, 0.4) is 0 Å². The Kier molecular flexibility index (Phi) is 6.97. The zero-order valence-electron chi connectivity index (χ0n) is 22.8. The van der Waals surface area contributed by atoms with Gasteiger partial charge in [0, 0.05) is 18.2 Å². The van der Waals surface area contributed by atoms with Crippen LogP contribution in [0.25, 0.3) is 11.1 Å². The number of nitro groups is 1. The van der Waals surface area contributed by atoms with Gasteiger partial charge in [-0.3, -0.25) is 14.9 Å². The number of amides is 1. The van der Waals surface area contributed by atoms with E-state index in [4.69, 9.17) is 4.74 Å². The zero-order valence-corrected chi connectivity index (χ0v) is 23.7. The Labute approximate surface area is 239 Å². The first-order chi connectivity index (χ1) is 19.6. The van der Waals surface area contributed by atoms with Crippen molar-refractivity contribution in [3.8, 4) is 16.9 Å². The summed E-state index contributed by atoms with van der Waals surface area (Å²) in [4.78, 5) is 23.8. The number of anilines is 1. The fraction of sp³-hybridized carbons (Fsp3) is 0.387. The van der Waals surface area contributed by atoms with Gasteiger partial charge in [0.15, 0.2) is 0 Å². The third-order valence-corrected chi connectivity index (χ3v) is 10.4. The maximum absolute atomic E-state index is 13.1. The van der Waals surface area contributed by atoms with Crippen molar-refractivity contribution in [1.29, 1.82) is 0 Å². The van der Waals surface area contributed by atoms with Gasteiger partial charge in [-0.2, -0.15) is 0 Å². The van der Waals surface area contributed by atoms with Gasteiger partial charge in [0.25, 0.3) is 21.6 Å². The number of ether oxygens (including phenoxy) is 1. The average Bonchev–Trinajstić information content (AvgIpc) is 2.95. The molecule has 4 saturated carbocycles. The van der Waals surface area contributed by atoms with E-state index >= 15 is 0 Å². The number of nitro benzene ring substituents is 1. The van der Waals surface area contributed by atoms with E-state index in [1.54, 1.807) is 19.2 Å². The number of hydrogen-bond donors (Lipinski definition) is 2. The Bertz CT molecular complexity index is 1550. The predicted molar refractivity (Wildman–Crippen MR) is 155 cm³/mol. The number of nitrogens with one attached hydrogen (secondary N) is 2. The number of rotatable bonds is 9. The first kappa shape index (κ1) is 27.3. The Morgan fingerprint density at radius 3 is 2.02 bits per heavy atom. The number of methoxy groups -OCH3 is 1. The summed E-state index contributed by atoms with van der Waals surface area (Å²) < 4.78 is 33.3. The van der Waals surface area contributed by atoms with Crippen LogP contribution < -0.4 is 14.8 Å². The summed E-state index contributed by atoms with van der Waals surface area (Å²) in [5.41, 5.74) is 2.03. The summed E-state index contributed by atoms with van der Waals surface area (Å²) in [6.45, 7) is 0.646. The summed E-state index contributed by atoms with van der Waals surface area (Å²) in [5, 5.41) is 15.2. The standard InChI is InChI=1S/C31H33N3O6S/c1-40-26-8-6-24(7-9-26)23-2-4-25(5-3-23)30(35)33-41(38,39)27-10-11-28(29(15-27)34(36)37)32-19-31-16-20-12-21(17-31)14-22(13-20)18-31/h2-11,15,20-22,32H,12-14,16-19H2,1H3,(H,33,35). The molecule has 214 valence electrons. The smallest absolute Gasteiger partial charge is 0.293 e. The van der Waals surface area contributed by atoms with Gasteiger partial charge < -0.3 is 10.1 Å². The largest absolute Gasteiger partial charge is 0.497 e. The Morgan fingerprint density at radius 2 is 1.49 bits per heavy atom. The van der Waals surface area contributed by atoms with E-state index in [1.807, 2.05) is 29.0 Å². The normalized spacial score (nSPS) is 24.6. The number of carbonyl (C=O) groups is 1. The lowest BCUT2D eigenvalue weighted by Gasteiger charge is -2.57. The van der Waals surface area contributed by atoms with E-state index in [2.05, 4.69) is 5.32 Å². The predicted octanol–water partition coefficient (Wildman–Crippen LogP) is 6.02. The van der Waals surface area contributed by atoms with Crippen molar-refractivity contribution in [3.63, 3.8) is 0 Å². The van der Waals surface area contributed by atoms with Crippen LogP contribution in [0.15, 0.2) is 71.6 Å². The molecule has 0 saturated heterocycles. The van der Waals surface area contributed by atoms with Crippen molar-refractivity contribution in [3.05, 3.63) is 82.4 Å². The van der Waals surface area contributed by atoms with E-state index in [1.165, 1.54) is 43.5 Å². The summed E-state index contributed by atoms with van der Waals surface area (Å²) >= 11 is 0. The van der Waals surface area contributed by atoms with Gasteiger partial charge in [-0.1, -0.05) is 24.3 Å². The number of hydrogen-bond acceptors (Lipinski definition) is 7. The van der Waals surface area contributed by atoms with E-state index in [9.17, 15) is 23.3 Å². The molecule has 0 atom stereocenters. The molecule has 10 heteroatoms. The molecule has 4 bridgehead atoms. The van der Waals surface area contributed by atoms with Gasteiger partial charge in [-0.15, -0.1) is 0 Å². The molecule has 7 rings (SSSR count). The SMILES string of the molecule is COc1ccc(-c2ccc(C(=O)NS(=O)(=O)c3ccc(NCC45CC6CC(CC(C6)C4)C5)c([N+](=O)[O-])c3)cc2)cc1. The van der Waals surface area contributed by atoms with Crippen LogP contribution in [0, 0.1) is 33.3 Å². The summed E-state index contributed by atoms with van der Waals surface area (Å²) in [6, 6.07) is 17.7. The second-order valence-corrected chi connectivity index (χ2v) is 13.6. The minimum absolute atomic E-state index is 0.147. The van der Waals surface area contributed by atoms with E-state index in [0.29, 0.717) is 12.2 Å². The van der Waals surface area contributed by atoms with E-state index < -0.39 is 20.9 Å². The second-order valence-electron chi connectivity index (χ2n) is 11.9. The molecular formula is C31H33N3O6S. The van der Waals surface area contributed by atoms with Crippen LogP contribution in [0.4, 0.5) is 11.4 Å². The van der Waals surface area contributed by atoms with E-state index in [-0.39, 0.29) is 21.6 Å². The lowest BCUT2D eigenvalue weighted by Crippen LogP contribution is -2.49. The Hall–Kier alpha value is -3.92. The summed E-state index contributed by atoms with van der Waals surface area (Å²) in [6.07, 6.45) is 7.39. The van der Waals surface area contributed by atoms with Crippen LogP contribution in [-0.2, 0) is 10.0 Å². The van der Waals surface area contributed by atoms with Crippen LogP contribution in [0.5, 0.6) is 5.75 Å². The maximum atomic E-state index is 13.1. The molecule has 0 heterocycles. The minimum atomic E-state index is -4.35. The number of nitrogens with zero attached hydrogens (tertiary/aromatic N) is 1. The molecule has 9 nitrogen and oxygen atoms in total. The van der Waals surface area contributed by atoms with Crippen LogP contribution >= 0.6 is 0 Å². The van der Waals surface area contributed by atoms with Gasteiger partial charge in [-0.25, -0.2) is 13.1 Å². The fourth-order valence-corrected chi connectivity index (χ4v) is 8.60. The first-order valence-corrected chi connectivity index (χ1v) is 15.5. The fourth-order valence-electron chi connectivity index (χ4n) is 7.61. The highest BCUT2D eigenvalue weighted by atomic mass is 32.2. The van der Waals surface area contributed by atoms with Crippen molar-refractivity contribution >= 4 is 27.3 Å². The topological polar surface area (TPSA) is 128 Å². The number of carbonyl (C=O) groups excluding carboxylic acids is 1. The van der Waals surface area contributed by atoms with Gasteiger partial charge in [-0.05, 0) is 109 Å². The van der Waals surface area contributed by atoms with Gasteiger partial charge in [0.1, 0.15) is 11.4 Å². The highest BCUT2D eigenvalue weighted by molar-refractivity contribution is 7.90. The van der Waals surface area contributed by atoms with Crippen molar-refractivity contribution in [2.45, 2.75) is 43.4 Å². The first-order valence-electron chi connectivity index (χ1n) is 14.0. The summed E-state index contributed by atoms with van der Waals surface area (Å²) in [7, 11) is -2.76. The molecule has 0 radical (unpaired) electrons. The molecular weight excluding hydrogens is 542 g/mol. The molecule has 0 unspecified atom stereocenters. The van der Waals surface area contributed by atoms with Gasteiger partial charge >= 0.3 is 0 Å². The van der Waals surface area contributed by atoms with Crippen molar-refractivity contribution in [2.75, 3.05) is 19.0 Å².